The summed E-state index contributed by atoms with van der Waals surface area (Å²) in [6, 6.07) is -0.385. The van der Waals surface area contributed by atoms with Gasteiger partial charge in [0.1, 0.15) is 28.6 Å². The first-order chi connectivity index (χ1) is 11.8. The van der Waals surface area contributed by atoms with Gasteiger partial charge in [-0.25, -0.2) is 9.97 Å². The molecule has 25 heavy (non-hydrogen) atoms. The van der Waals surface area contributed by atoms with Crippen LogP contribution in [-0.2, 0) is 9.47 Å². The Morgan fingerprint density at radius 1 is 1.36 bits per heavy atom. The van der Waals surface area contributed by atoms with Gasteiger partial charge in [0.05, 0.1) is 11.7 Å². The zero-order chi connectivity index (χ0) is 18.2. The second-order valence-corrected chi connectivity index (χ2v) is 6.52. The molecule has 0 saturated carbocycles. The predicted octanol–water partition coefficient (Wildman–Crippen LogP) is 4.81. The average molecular weight is 378 g/mol. The third-order valence-electron chi connectivity index (χ3n) is 4.29. The topological polar surface area (TPSA) is 49.2 Å². The number of nitrogens with zero attached hydrogens (tertiary/aromatic N) is 3. The minimum atomic E-state index is -4.43. The van der Waals surface area contributed by atoms with Gasteiger partial charge in [-0.2, -0.15) is 13.2 Å². The number of fused-ring (bicyclic) bond motifs is 1. The SMILES string of the molecule is C[C@H](OC1CCCCO1)c1nc2cnc(Cl)cc2n1[C@@H](C)C(F)(F)F. The summed E-state index contributed by atoms with van der Waals surface area (Å²) in [6.45, 7) is 3.35. The van der Waals surface area contributed by atoms with Crippen molar-refractivity contribution in [2.24, 2.45) is 0 Å². The van der Waals surface area contributed by atoms with Crippen LogP contribution in [0.1, 0.15) is 51.1 Å². The molecule has 9 heteroatoms. The number of hydrogen-bond acceptors (Lipinski definition) is 4. The molecule has 5 nitrogen and oxygen atoms in total. The van der Waals surface area contributed by atoms with Crippen LogP contribution >= 0.6 is 11.6 Å². The van der Waals surface area contributed by atoms with Crippen molar-refractivity contribution < 1.29 is 22.6 Å². The summed E-state index contributed by atoms with van der Waals surface area (Å²) in [4.78, 5) is 8.22. The lowest BCUT2D eigenvalue weighted by Gasteiger charge is -2.27. The smallest absolute Gasteiger partial charge is 0.353 e. The van der Waals surface area contributed by atoms with Crippen molar-refractivity contribution in [3.8, 4) is 0 Å². The number of halogens is 4. The monoisotopic (exact) mass is 377 g/mol. The van der Waals surface area contributed by atoms with Gasteiger partial charge < -0.3 is 14.0 Å². The molecule has 3 heterocycles. The Morgan fingerprint density at radius 3 is 2.76 bits per heavy atom. The molecular weight excluding hydrogens is 359 g/mol. The van der Waals surface area contributed by atoms with Gasteiger partial charge in [0.15, 0.2) is 6.29 Å². The van der Waals surface area contributed by atoms with Gasteiger partial charge in [-0.05, 0) is 33.1 Å². The average Bonchev–Trinajstić information content (AvgIpc) is 2.92. The van der Waals surface area contributed by atoms with Gasteiger partial charge >= 0.3 is 6.18 Å². The van der Waals surface area contributed by atoms with E-state index >= 15 is 0 Å². The first-order valence-corrected chi connectivity index (χ1v) is 8.52. The molecule has 0 spiro atoms. The molecule has 2 aromatic heterocycles. The van der Waals surface area contributed by atoms with Gasteiger partial charge in [-0.15, -0.1) is 0 Å². The molecule has 1 saturated heterocycles. The molecule has 2 aromatic rings. The normalized spacial score (nSPS) is 21.4. The van der Waals surface area contributed by atoms with Gasteiger partial charge in [-0.3, -0.25) is 0 Å². The number of rotatable bonds is 4. The Labute approximate surface area is 148 Å². The van der Waals surface area contributed by atoms with E-state index < -0.39 is 24.6 Å². The Morgan fingerprint density at radius 2 is 2.12 bits per heavy atom. The summed E-state index contributed by atoms with van der Waals surface area (Å²) in [5.41, 5.74) is 0.621. The molecule has 3 atom stereocenters. The van der Waals surface area contributed by atoms with Crippen LogP contribution in [0.2, 0.25) is 5.15 Å². The Kier molecular flexibility index (Phi) is 5.22. The van der Waals surface area contributed by atoms with E-state index in [2.05, 4.69) is 9.97 Å². The molecule has 0 radical (unpaired) electrons. The third kappa shape index (κ3) is 3.91. The highest BCUT2D eigenvalue weighted by Gasteiger charge is 2.40. The van der Waals surface area contributed by atoms with Gasteiger partial charge in [0, 0.05) is 12.7 Å². The maximum Gasteiger partial charge on any atom is 0.408 e. The lowest BCUT2D eigenvalue weighted by atomic mass is 10.2. The van der Waals surface area contributed by atoms with Crippen LogP contribution in [0.25, 0.3) is 11.0 Å². The summed E-state index contributed by atoms with van der Waals surface area (Å²) in [5.74, 6) is 0.179. The number of pyridine rings is 1. The number of hydrogen-bond donors (Lipinski definition) is 0. The molecule has 0 aliphatic carbocycles. The van der Waals surface area contributed by atoms with Crippen LogP contribution in [0.5, 0.6) is 0 Å². The fourth-order valence-electron chi connectivity index (χ4n) is 2.94. The summed E-state index contributed by atoms with van der Waals surface area (Å²) in [5, 5.41) is 0.110. The maximum atomic E-state index is 13.4. The highest BCUT2D eigenvalue weighted by atomic mass is 35.5. The van der Waals surface area contributed by atoms with E-state index in [1.165, 1.54) is 12.3 Å². The zero-order valence-electron chi connectivity index (χ0n) is 13.9. The molecule has 0 aromatic carbocycles. The Hall–Kier alpha value is -1.38. The van der Waals surface area contributed by atoms with Gasteiger partial charge in [-0.1, -0.05) is 11.6 Å². The fraction of sp³-hybridized carbons (Fsp3) is 0.625. The summed E-state index contributed by atoms with van der Waals surface area (Å²) in [6.07, 6.45) is -1.52. The Bertz CT molecular complexity index is 744. The van der Waals surface area contributed by atoms with Crippen LogP contribution < -0.4 is 0 Å². The number of ether oxygens (including phenoxy) is 2. The van der Waals surface area contributed by atoms with Crippen molar-refractivity contribution in [3.05, 3.63) is 23.2 Å². The van der Waals surface area contributed by atoms with Crippen molar-refractivity contribution in [2.45, 2.75) is 57.7 Å². The van der Waals surface area contributed by atoms with Gasteiger partial charge in [0.2, 0.25) is 0 Å². The number of imidazole rings is 1. The standard InChI is InChI=1S/C16H19ClF3N3O2/c1-9(25-14-5-3-4-6-24-14)15-22-11-8-21-13(17)7-12(11)23(15)10(2)16(18,19)20/h7-10,14H,3-6H2,1-2H3/t9-,10-,14?/m0/s1. The van der Waals surface area contributed by atoms with Crippen LogP contribution in [-0.4, -0.2) is 33.6 Å². The van der Waals surface area contributed by atoms with Gasteiger partial charge in [0.25, 0.3) is 0 Å². The molecule has 138 valence electrons. The summed E-state index contributed by atoms with van der Waals surface area (Å²) >= 11 is 5.87. The fourth-order valence-corrected chi connectivity index (χ4v) is 3.09. The number of alkyl halides is 3. The lowest BCUT2D eigenvalue weighted by molar-refractivity contribution is -0.190. The largest absolute Gasteiger partial charge is 0.408 e. The lowest BCUT2D eigenvalue weighted by Crippen LogP contribution is -2.28. The van der Waals surface area contributed by atoms with E-state index in [1.54, 1.807) is 6.92 Å². The van der Waals surface area contributed by atoms with Crippen molar-refractivity contribution in [3.63, 3.8) is 0 Å². The second-order valence-electron chi connectivity index (χ2n) is 6.13. The third-order valence-corrected chi connectivity index (χ3v) is 4.49. The predicted molar refractivity (Wildman–Crippen MR) is 86.4 cm³/mol. The maximum absolute atomic E-state index is 13.4. The minimum Gasteiger partial charge on any atom is -0.353 e. The molecule has 3 rings (SSSR count). The van der Waals surface area contributed by atoms with Crippen LogP contribution in [0.3, 0.4) is 0 Å². The first-order valence-electron chi connectivity index (χ1n) is 8.14. The highest BCUT2D eigenvalue weighted by Crippen LogP contribution is 2.36. The second kappa shape index (κ2) is 7.09. The molecule has 0 amide bonds. The van der Waals surface area contributed by atoms with E-state index in [0.717, 1.165) is 24.3 Å². The molecule has 1 aliphatic heterocycles. The Balaban J connectivity index is 2.00. The van der Waals surface area contributed by atoms with E-state index in [0.29, 0.717) is 18.5 Å². The highest BCUT2D eigenvalue weighted by molar-refractivity contribution is 6.29. The molecule has 0 N–H and O–H groups in total. The van der Waals surface area contributed by atoms with Crippen molar-refractivity contribution in [2.75, 3.05) is 6.61 Å². The zero-order valence-corrected chi connectivity index (χ0v) is 14.6. The van der Waals surface area contributed by atoms with Crippen LogP contribution in [0.15, 0.2) is 12.3 Å². The first kappa shape index (κ1) is 18.4. The van der Waals surface area contributed by atoms with E-state index in [1.807, 2.05) is 0 Å². The van der Waals surface area contributed by atoms with E-state index in [4.69, 9.17) is 21.1 Å². The van der Waals surface area contributed by atoms with Crippen molar-refractivity contribution >= 4 is 22.6 Å². The van der Waals surface area contributed by atoms with Crippen molar-refractivity contribution in [1.29, 1.82) is 0 Å². The molecule has 1 aliphatic rings. The molecular formula is C16H19ClF3N3O2. The molecule has 1 fully saturated rings. The van der Waals surface area contributed by atoms with E-state index in [9.17, 15) is 13.2 Å². The van der Waals surface area contributed by atoms with Crippen molar-refractivity contribution in [1.82, 2.24) is 14.5 Å². The van der Waals surface area contributed by atoms with E-state index in [-0.39, 0.29) is 16.5 Å². The molecule has 0 bridgehead atoms. The number of aromatic nitrogens is 3. The quantitative estimate of drug-likeness (QED) is 0.717. The summed E-state index contributed by atoms with van der Waals surface area (Å²) < 4.78 is 52.6. The van der Waals surface area contributed by atoms with Crippen LogP contribution in [0, 0.1) is 0 Å². The molecule has 1 unspecified atom stereocenters. The summed E-state index contributed by atoms with van der Waals surface area (Å²) in [7, 11) is 0. The van der Waals surface area contributed by atoms with Crippen LogP contribution in [0.4, 0.5) is 13.2 Å². The minimum absolute atomic E-state index is 0.110.